The number of hydrogen-bond donors (Lipinski definition) is 2. The highest BCUT2D eigenvalue weighted by Crippen LogP contribution is 2.13. The molecule has 17 heavy (non-hydrogen) atoms. The topological polar surface area (TPSA) is 63.0 Å². The van der Waals surface area contributed by atoms with E-state index in [9.17, 15) is 5.11 Å². The van der Waals surface area contributed by atoms with Gasteiger partial charge in [-0.05, 0) is 19.1 Å². The van der Waals surface area contributed by atoms with Crippen LogP contribution in [0.5, 0.6) is 5.75 Å². The van der Waals surface area contributed by atoms with E-state index >= 15 is 0 Å². The Morgan fingerprint density at radius 2 is 2.29 bits per heavy atom. The molecule has 5 nitrogen and oxygen atoms in total. The molecule has 0 aliphatic carbocycles. The second-order valence-electron chi connectivity index (χ2n) is 3.90. The van der Waals surface area contributed by atoms with E-state index in [4.69, 9.17) is 0 Å². The highest BCUT2D eigenvalue weighted by Gasteiger charge is 2.02. The molecule has 0 bridgehead atoms. The van der Waals surface area contributed by atoms with Gasteiger partial charge in [-0.15, -0.1) is 0 Å². The highest BCUT2D eigenvalue weighted by atomic mass is 16.3. The van der Waals surface area contributed by atoms with Crippen LogP contribution in [0.2, 0.25) is 0 Å². The molecule has 0 atom stereocenters. The monoisotopic (exact) mass is 232 g/mol. The lowest BCUT2D eigenvalue weighted by Gasteiger charge is -2.07. The van der Waals surface area contributed by atoms with Gasteiger partial charge in [-0.25, -0.2) is 4.98 Å². The standard InChI is InChI=1S/C12H16N4O/c1-10-2-3-12(17)11(15-10)8-13-4-6-16-7-5-14-9-16/h2-3,5,7,9,13,17H,4,6,8H2,1H3. The number of imidazole rings is 1. The van der Waals surface area contributed by atoms with E-state index in [-0.39, 0.29) is 5.75 Å². The third-order valence-electron chi connectivity index (χ3n) is 2.49. The summed E-state index contributed by atoms with van der Waals surface area (Å²) in [6.07, 6.45) is 5.46. The summed E-state index contributed by atoms with van der Waals surface area (Å²) in [6.45, 7) is 4.15. The maximum Gasteiger partial charge on any atom is 0.138 e. The number of hydrogen-bond acceptors (Lipinski definition) is 4. The molecule has 0 amide bonds. The molecule has 0 unspecified atom stereocenters. The van der Waals surface area contributed by atoms with E-state index in [1.54, 1.807) is 24.7 Å². The second-order valence-corrected chi connectivity index (χ2v) is 3.90. The molecule has 0 spiro atoms. The van der Waals surface area contributed by atoms with Gasteiger partial charge in [0.15, 0.2) is 0 Å². The van der Waals surface area contributed by atoms with Crippen molar-refractivity contribution in [2.24, 2.45) is 0 Å². The Balaban J connectivity index is 1.80. The van der Waals surface area contributed by atoms with Gasteiger partial charge in [0.2, 0.25) is 0 Å². The number of pyridine rings is 1. The van der Waals surface area contributed by atoms with E-state index in [0.29, 0.717) is 12.2 Å². The lowest BCUT2D eigenvalue weighted by molar-refractivity contribution is 0.457. The summed E-state index contributed by atoms with van der Waals surface area (Å²) >= 11 is 0. The van der Waals surface area contributed by atoms with Crippen molar-refractivity contribution in [3.63, 3.8) is 0 Å². The van der Waals surface area contributed by atoms with E-state index in [1.807, 2.05) is 17.7 Å². The molecular formula is C12H16N4O. The molecule has 2 aromatic rings. The number of aromatic hydroxyl groups is 1. The van der Waals surface area contributed by atoms with Gasteiger partial charge >= 0.3 is 0 Å². The zero-order valence-corrected chi connectivity index (χ0v) is 9.80. The first kappa shape index (κ1) is 11.6. The minimum absolute atomic E-state index is 0.241. The van der Waals surface area contributed by atoms with Crippen LogP contribution in [0.25, 0.3) is 0 Å². The Morgan fingerprint density at radius 3 is 3.06 bits per heavy atom. The zero-order valence-electron chi connectivity index (χ0n) is 9.80. The molecule has 0 saturated heterocycles. The fraction of sp³-hybridized carbons (Fsp3) is 0.333. The van der Waals surface area contributed by atoms with Gasteiger partial charge in [0.1, 0.15) is 5.75 Å². The van der Waals surface area contributed by atoms with Crippen molar-refractivity contribution in [2.75, 3.05) is 6.54 Å². The number of nitrogens with one attached hydrogen (secondary N) is 1. The van der Waals surface area contributed by atoms with E-state index in [2.05, 4.69) is 15.3 Å². The molecular weight excluding hydrogens is 216 g/mol. The average molecular weight is 232 g/mol. The van der Waals surface area contributed by atoms with Crippen molar-refractivity contribution in [1.29, 1.82) is 0 Å². The smallest absolute Gasteiger partial charge is 0.138 e. The lowest BCUT2D eigenvalue weighted by Crippen LogP contribution is -2.19. The van der Waals surface area contributed by atoms with Gasteiger partial charge in [0, 0.05) is 37.7 Å². The van der Waals surface area contributed by atoms with Gasteiger partial charge in [-0.1, -0.05) is 0 Å². The van der Waals surface area contributed by atoms with Crippen LogP contribution >= 0.6 is 0 Å². The van der Waals surface area contributed by atoms with Crippen molar-refractivity contribution < 1.29 is 5.11 Å². The van der Waals surface area contributed by atoms with Crippen LogP contribution in [0.4, 0.5) is 0 Å². The van der Waals surface area contributed by atoms with Gasteiger partial charge < -0.3 is 15.0 Å². The van der Waals surface area contributed by atoms with Crippen molar-refractivity contribution in [3.8, 4) is 5.75 Å². The third-order valence-corrected chi connectivity index (χ3v) is 2.49. The summed E-state index contributed by atoms with van der Waals surface area (Å²) < 4.78 is 2.00. The normalized spacial score (nSPS) is 10.6. The van der Waals surface area contributed by atoms with Gasteiger partial charge in [-0.3, -0.25) is 4.98 Å². The summed E-state index contributed by atoms with van der Waals surface area (Å²) in [5.41, 5.74) is 1.60. The highest BCUT2D eigenvalue weighted by molar-refractivity contribution is 5.27. The largest absolute Gasteiger partial charge is 0.506 e. The van der Waals surface area contributed by atoms with Gasteiger partial charge in [-0.2, -0.15) is 0 Å². The first-order valence-electron chi connectivity index (χ1n) is 5.57. The summed E-state index contributed by atoms with van der Waals surface area (Å²) in [7, 11) is 0. The zero-order chi connectivity index (χ0) is 12.1. The molecule has 2 rings (SSSR count). The SMILES string of the molecule is Cc1ccc(O)c(CNCCn2ccnc2)n1. The first-order valence-corrected chi connectivity index (χ1v) is 5.57. The summed E-state index contributed by atoms with van der Waals surface area (Å²) in [6, 6.07) is 3.47. The predicted octanol–water partition coefficient (Wildman–Crippen LogP) is 1.08. The minimum Gasteiger partial charge on any atom is -0.506 e. The van der Waals surface area contributed by atoms with Crippen LogP contribution in [0.3, 0.4) is 0 Å². The number of aryl methyl sites for hydroxylation is 1. The Labute approximate surface area is 100 Å². The van der Waals surface area contributed by atoms with Crippen LogP contribution < -0.4 is 5.32 Å². The van der Waals surface area contributed by atoms with Crippen molar-refractivity contribution >= 4 is 0 Å². The number of nitrogens with zero attached hydrogens (tertiary/aromatic N) is 3. The molecule has 2 aromatic heterocycles. The van der Waals surface area contributed by atoms with Gasteiger partial charge in [0.05, 0.1) is 12.0 Å². The van der Waals surface area contributed by atoms with Gasteiger partial charge in [0.25, 0.3) is 0 Å². The van der Waals surface area contributed by atoms with Crippen LogP contribution in [-0.2, 0) is 13.1 Å². The van der Waals surface area contributed by atoms with E-state index in [1.165, 1.54) is 0 Å². The molecule has 0 radical (unpaired) electrons. The fourth-order valence-electron chi connectivity index (χ4n) is 1.57. The van der Waals surface area contributed by atoms with Crippen molar-refractivity contribution in [3.05, 3.63) is 42.2 Å². The van der Waals surface area contributed by atoms with Crippen molar-refractivity contribution in [2.45, 2.75) is 20.0 Å². The van der Waals surface area contributed by atoms with Crippen LogP contribution in [-0.4, -0.2) is 26.2 Å². The third kappa shape index (κ3) is 3.29. The number of aromatic nitrogens is 3. The molecule has 2 heterocycles. The summed E-state index contributed by atoms with van der Waals surface area (Å²) in [4.78, 5) is 8.24. The Hall–Kier alpha value is -1.88. The Kier molecular flexibility index (Phi) is 3.72. The van der Waals surface area contributed by atoms with E-state index in [0.717, 1.165) is 18.8 Å². The maximum absolute atomic E-state index is 9.60. The summed E-state index contributed by atoms with van der Waals surface area (Å²) in [5, 5.41) is 12.8. The van der Waals surface area contributed by atoms with Crippen LogP contribution in [0.1, 0.15) is 11.4 Å². The molecule has 2 N–H and O–H groups in total. The molecule has 0 aliphatic rings. The Morgan fingerprint density at radius 1 is 1.41 bits per heavy atom. The molecule has 90 valence electrons. The van der Waals surface area contributed by atoms with Crippen LogP contribution in [0.15, 0.2) is 30.9 Å². The molecule has 5 heteroatoms. The minimum atomic E-state index is 0.241. The lowest BCUT2D eigenvalue weighted by atomic mass is 10.3. The average Bonchev–Trinajstić information content (AvgIpc) is 2.82. The molecule has 0 saturated carbocycles. The maximum atomic E-state index is 9.60. The first-order chi connectivity index (χ1) is 8.25. The quantitative estimate of drug-likeness (QED) is 0.757. The summed E-state index contributed by atoms with van der Waals surface area (Å²) in [5.74, 6) is 0.241. The van der Waals surface area contributed by atoms with E-state index < -0.39 is 0 Å². The molecule has 0 aliphatic heterocycles. The fourth-order valence-corrected chi connectivity index (χ4v) is 1.57. The predicted molar refractivity (Wildman–Crippen MR) is 64.6 cm³/mol. The van der Waals surface area contributed by atoms with Crippen molar-refractivity contribution in [1.82, 2.24) is 19.9 Å². The Bertz CT molecular complexity index is 467. The van der Waals surface area contributed by atoms with Crippen LogP contribution in [0, 0.1) is 6.92 Å². The number of rotatable bonds is 5. The second kappa shape index (κ2) is 5.45. The molecule has 0 aromatic carbocycles. The molecule has 0 fully saturated rings.